The van der Waals surface area contributed by atoms with Gasteiger partial charge in [-0.15, -0.1) is 0 Å². The fourth-order valence-electron chi connectivity index (χ4n) is 1.62. The van der Waals surface area contributed by atoms with Gasteiger partial charge in [0.1, 0.15) is 0 Å². The standard InChI is InChI=1S/C14H18BrNO4/c1-20-13(17)5-3-2-4-8-16-12-9-10(15)6-7-11(12)14(18)19/h6-9,14,18-19H,2-5H2,1H3. The number of hydrogen-bond acceptors (Lipinski definition) is 5. The maximum Gasteiger partial charge on any atom is 0.305 e. The first-order chi connectivity index (χ1) is 9.54. The molecule has 0 saturated carbocycles. The highest BCUT2D eigenvalue weighted by Crippen LogP contribution is 2.27. The van der Waals surface area contributed by atoms with Crippen molar-refractivity contribution in [2.45, 2.75) is 32.0 Å². The summed E-state index contributed by atoms with van der Waals surface area (Å²) in [6.45, 7) is 0. The highest BCUT2D eigenvalue weighted by atomic mass is 79.9. The van der Waals surface area contributed by atoms with E-state index in [1.807, 2.05) is 0 Å². The molecule has 0 saturated heterocycles. The summed E-state index contributed by atoms with van der Waals surface area (Å²) in [5, 5.41) is 18.5. The summed E-state index contributed by atoms with van der Waals surface area (Å²) in [5.74, 6) is -0.209. The summed E-state index contributed by atoms with van der Waals surface area (Å²) in [7, 11) is 1.37. The number of halogens is 1. The number of ether oxygens (including phenoxy) is 1. The van der Waals surface area contributed by atoms with Crippen LogP contribution >= 0.6 is 15.9 Å². The van der Waals surface area contributed by atoms with Gasteiger partial charge in [0.25, 0.3) is 0 Å². The third kappa shape index (κ3) is 5.81. The molecule has 6 heteroatoms. The lowest BCUT2D eigenvalue weighted by molar-refractivity contribution is -0.140. The fraction of sp³-hybridized carbons (Fsp3) is 0.429. The van der Waals surface area contributed by atoms with Crippen molar-refractivity contribution >= 4 is 33.8 Å². The van der Waals surface area contributed by atoms with Crippen molar-refractivity contribution in [3.8, 4) is 0 Å². The smallest absolute Gasteiger partial charge is 0.305 e. The van der Waals surface area contributed by atoms with Gasteiger partial charge >= 0.3 is 5.97 Å². The van der Waals surface area contributed by atoms with Crippen molar-refractivity contribution in [3.63, 3.8) is 0 Å². The fourth-order valence-corrected chi connectivity index (χ4v) is 1.97. The Morgan fingerprint density at radius 1 is 1.45 bits per heavy atom. The third-order valence-corrected chi connectivity index (χ3v) is 3.19. The number of nitrogens with zero attached hydrogens (tertiary/aromatic N) is 1. The summed E-state index contributed by atoms with van der Waals surface area (Å²) < 4.78 is 5.37. The van der Waals surface area contributed by atoms with E-state index < -0.39 is 6.29 Å². The summed E-state index contributed by atoms with van der Waals surface area (Å²) in [6, 6.07) is 5.06. The van der Waals surface area contributed by atoms with Crippen molar-refractivity contribution in [1.29, 1.82) is 0 Å². The number of esters is 1. The molecule has 0 unspecified atom stereocenters. The molecule has 0 heterocycles. The van der Waals surface area contributed by atoms with Gasteiger partial charge in [-0.2, -0.15) is 0 Å². The molecular formula is C14H18BrNO4. The van der Waals surface area contributed by atoms with E-state index in [1.165, 1.54) is 7.11 Å². The molecule has 2 N–H and O–H groups in total. The molecule has 1 aromatic rings. The second-order valence-corrected chi connectivity index (χ2v) is 5.13. The third-order valence-electron chi connectivity index (χ3n) is 2.69. The molecule has 0 fully saturated rings. The van der Waals surface area contributed by atoms with E-state index in [4.69, 9.17) is 0 Å². The number of rotatable bonds is 7. The molecule has 0 bridgehead atoms. The molecule has 0 aromatic heterocycles. The average Bonchev–Trinajstić information content (AvgIpc) is 2.42. The maximum atomic E-state index is 10.9. The van der Waals surface area contributed by atoms with Crippen molar-refractivity contribution in [2.24, 2.45) is 4.99 Å². The normalized spacial score (nSPS) is 11.2. The zero-order valence-electron chi connectivity index (χ0n) is 11.3. The number of unbranched alkanes of at least 4 members (excludes halogenated alkanes) is 2. The van der Waals surface area contributed by atoms with E-state index in [0.29, 0.717) is 24.1 Å². The minimum atomic E-state index is -1.55. The van der Waals surface area contributed by atoms with Gasteiger partial charge in [-0.3, -0.25) is 9.79 Å². The Kier molecular flexibility index (Phi) is 7.43. The Labute approximate surface area is 126 Å². The van der Waals surface area contributed by atoms with Crippen LogP contribution in [0.2, 0.25) is 0 Å². The van der Waals surface area contributed by atoms with E-state index >= 15 is 0 Å². The van der Waals surface area contributed by atoms with Crippen molar-refractivity contribution < 1.29 is 19.7 Å². The van der Waals surface area contributed by atoms with Crippen LogP contribution in [0.4, 0.5) is 5.69 Å². The Morgan fingerprint density at radius 3 is 2.85 bits per heavy atom. The van der Waals surface area contributed by atoms with Crippen molar-refractivity contribution in [2.75, 3.05) is 7.11 Å². The van der Waals surface area contributed by atoms with Gasteiger partial charge in [-0.25, -0.2) is 0 Å². The van der Waals surface area contributed by atoms with Gasteiger partial charge in [-0.1, -0.05) is 22.0 Å². The Hall–Kier alpha value is -1.24. The number of hydrogen-bond donors (Lipinski definition) is 2. The van der Waals surface area contributed by atoms with Gasteiger partial charge in [-0.05, 0) is 31.4 Å². The number of carbonyl (C=O) groups is 1. The van der Waals surface area contributed by atoms with Gasteiger partial charge in [0.05, 0.1) is 12.8 Å². The number of aliphatic hydroxyl groups excluding tert-OH is 1. The molecule has 0 amide bonds. The Balaban J connectivity index is 2.49. The van der Waals surface area contributed by atoms with Crippen LogP contribution in [0, 0.1) is 0 Å². The molecule has 20 heavy (non-hydrogen) atoms. The van der Waals surface area contributed by atoms with Gasteiger partial charge < -0.3 is 14.9 Å². The number of benzene rings is 1. The summed E-state index contributed by atoms with van der Waals surface area (Å²) in [4.78, 5) is 15.1. The minimum absolute atomic E-state index is 0.209. The van der Waals surface area contributed by atoms with E-state index in [9.17, 15) is 15.0 Å². The molecule has 0 spiro atoms. The highest BCUT2D eigenvalue weighted by molar-refractivity contribution is 9.10. The van der Waals surface area contributed by atoms with E-state index in [1.54, 1.807) is 24.4 Å². The lowest BCUT2D eigenvalue weighted by Gasteiger charge is -2.07. The van der Waals surface area contributed by atoms with Crippen LogP contribution in [0.5, 0.6) is 0 Å². The molecule has 5 nitrogen and oxygen atoms in total. The molecule has 0 aliphatic carbocycles. The van der Waals surface area contributed by atoms with Gasteiger partial charge in [0, 0.05) is 22.7 Å². The average molecular weight is 344 g/mol. The summed E-state index contributed by atoms with van der Waals surface area (Å²) in [5.41, 5.74) is 0.876. The monoisotopic (exact) mass is 343 g/mol. The number of carbonyl (C=O) groups excluding carboxylic acids is 1. The second-order valence-electron chi connectivity index (χ2n) is 4.21. The lowest BCUT2D eigenvalue weighted by Crippen LogP contribution is -1.99. The highest BCUT2D eigenvalue weighted by Gasteiger charge is 2.08. The van der Waals surface area contributed by atoms with E-state index in [0.717, 1.165) is 17.3 Å². The van der Waals surface area contributed by atoms with Crippen molar-refractivity contribution in [1.82, 2.24) is 0 Å². The lowest BCUT2D eigenvalue weighted by atomic mass is 10.1. The summed E-state index contributed by atoms with van der Waals surface area (Å²) >= 11 is 3.31. The first kappa shape index (κ1) is 16.8. The zero-order valence-corrected chi connectivity index (χ0v) is 12.8. The van der Waals surface area contributed by atoms with Crippen molar-refractivity contribution in [3.05, 3.63) is 28.2 Å². The Morgan fingerprint density at radius 2 is 2.20 bits per heavy atom. The molecule has 0 atom stereocenters. The van der Waals surface area contributed by atoms with Crippen LogP contribution < -0.4 is 0 Å². The SMILES string of the molecule is COC(=O)CCCCC=Nc1cc(Br)ccc1C(O)O. The number of aliphatic imine (C=N–C) groups is 1. The molecule has 0 aliphatic rings. The Bertz CT molecular complexity index is 474. The summed E-state index contributed by atoms with van der Waals surface area (Å²) in [6.07, 6.45) is 2.85. The molecule has 1 aromatic carbocycles. The van der Waals surface area contributed by atoms with Crippen LogP contribution in [0.15, 0.2) is 27.7 Å². The predicted molar refractivity (Wildman–Crippen MR) is 80.0 cm³/mol. The van der Waals surface area contributed by atoms with E-state index in [-0.39, 0.29) is 5.97 Å². The van der Waals surface area contributed by atoms with Crippen LogP contribution in [0.3, 0.4) is 0 Å². The van der Waals surface area contributed by atoms with Crippen LogP contribution in [-0.2, 0) is 9.53 Å². The molecular weight excluding hydrogens is 326 g/mol. The molecule has 1 rings (SSSR count). The van der Waals surface area contributed by atoms with E-state index in [2.05, 4.69) is 25.7 Å². The van der Waals surface area contributed by atoms with Gasteiger partial charge in [0.2, 0.25) is 0 Å². The molecule has 0 radical (unpaired) electrons. The van der Waals surface area contributed by atoms with Crippen LogP contribution in [0.25, 0.3) is 0 Å². The zero-order chi connectivity index (χ0) is 15.0. The van der Waals surface area contributed by atoms with Crippen LogP contribution in [0.1, 0.15) is 37.5 Å². The number of methoxy groups -OCH3 is 1. The first-order valence-electron chi connectivity index (χ1n) is 6.29. The first-order valence-corrected chi connectivity index (χ1v) is 7.09. The predicted octanol–water partition coefficient (Wildman–Crippen LogP) is 2.87. The second kappa shape index (κ2) is 8.84. The quantitative estimate of drug-likeness (QED) is 0.345. The van der Waals surface area contributed by atoms with Crippen LogP contribution in [-0.4, -0.2) is 29.5 Å². The topological polar surface area (TPSA) is 79.1 Å². The molecule has 0 aliphatic heterocycles. The molecule has 110 valence electrons. The minimum Gasteiger partial charge on any atom is -0.469 e. The largest absolute Gasteiger partial charge is 0.469 e. The van der Waals surface area contributed by atoms with Gasteiger partial charge in [0.15, 0.2) is 6.29 Å². The number of aliphatic hydroxyl groups is 2. The maximum absolute atomic E-state index is 10.9.